The second-order valence-corrected chi connectivity index (χ2v) is 9.23. The summed E-state index contributed by atoms with van der Waals surface area (Å²) in [7, 11) is 0. The third kappa shape index (κ3) is 4.06. The number of nitriles is 1. The van der Waals surface area contributed by atoms with Gasteiger partial charge in [0.15, 0.2) is 10.9 Å². The number of hydrogen-bond donors (Lipinski definition) is 1. The fraction of sp³-hybridized carbons (Fsp3) is 0.333. The number of thiophene rings is 1. The van der Waals surface area contributed by atoms with E-state index in [2.05, 4.69) is 35.1 Å². The first-order valence-electron chi connectivity index (χ1n) is 9.66. The Kier molecular flexibility index (Phi) is 6.06. The highest BCUT2D eigenvalue weighted by Crippen LogP contribution is 2.39. The maximum Gasteiger partial charge on any atom is 0.235 e. The quantitative estimate of drug-likeness (QED) is 0.430. The molecular formula is C21H21N5O2S2. The summed E-state index contributed by atoms with van der Waals surface area (Å²) in [6, 6.07) is 5.88. The monoisotopic (exact) mass is 439 g/mol. The number of nitrogens with zero attached hydrogens (tertiary/aromatic N) is 4. The molecule has 1 atom stereocenters. The molecule has 30 heavy (non-hydrogen) atoms. The number of aromatic nitrogens is 3. The van der Waals surface area contributed by atoms with Crippen molar-refractivity contribution in [3.8, 4) is 17.7 Å². The van der Waals surface area contributed by atoms with Crippen LogP contribution in [-0.4, -0.2) is 26.4 Å². The van der Waals surface area contributed by atoms with Crippen LogP contribution in [-0.2, 0) is 24.2 Å². The predicted octanol–water partition coefficient (Wildman–Crippen LogP) is 4.51. The van der Waals surface area contributed by atoms with E-state index in [0.717, 1.165) is 24.8 Å². The van der Waals surface area contributed by atoms with Crippen LogP contribution in [0.25, 0.3) is 11.6 Å². The predicted molar refractivity (Wildman–Crippen MR) is 117 cm³/mol. The van der Waals surface area contributed by atoms with Crippen LogP contribution < -0.4 is 5.32 Å². The molecule has 1 amide bonds. The minimum absolute atomic E-state index is 0.164. The third-order valence-corrected chi connectivity index (χ3v) is 7.12. The number of fused-ring (bicyclic) bond motifs is 1. The lowest BCUT2D eigenvalue weighted by Crippen LogP contribution is -2.14. The SMILES string of the molecule is C=CCn1c(SCC(=O)Nc2sc3c(c2C#N)CCC(C)C3)nnc1-c1ccco1. The summed E-state index contributed by atoms with van der Waals surface area (Å²) in [5.41, 5.74) is 1.73. The highest BCUT2D eigenvalue weighted by molar-refractivity contribution is 7.99. The van der Waals surface area contributed by atoms with Crippen LogP contribution in [0.5, 0.6) is 0 Å². The fourth-order valence-corrected chi connectivity index (χ4v) is 5.65. The van der Waals surface area contributed by atoms with E-state index in [1.54, 1.807) is 18.4 Å². The minimum Gasteiger partial charge on any atom is -0.461 e. The number of carbonyl (C=O) groups excluding carboxylic acids is 1. The summed E-state index contributed by atoms with van der Waals surface area (Å²) in [5.74, 6) is 1.81. The number of amides is 1. The van der Waals surface area contributed by atoms with Gasteiger partial charge in [0.2, 0.25) is 11.7 Å². The lowest BCUT2D eigenvalue weighted by Gasteiger charge is -2.17. The normalized spacial score (nSPS) is 15.4. The number of thioether (sulfide) groups is 1. The van der Waals surface area contributed by atoms with Crippen LogP contribution >= 0.6 is 23.1 Å². The lowest BCUT2D eigenvalue weighted by molar-refractivity contribution is -0.113. The van der Waals surface area contributed by atoms with Gasteiger partial charge in [0.1, 0.15) is 11.1 Å². The molecule has 3 aromatic heterocycles. The van der Waals surface area contributed by atoms with Gasteiger partial charge in [-0.15, -0.1) is 28.1 Å². The van der Waals surface area contributed by atoms with E-state index < -0.39 is 0 Å². The van der Waals surface area contributed by atoms with Crippen molar-refractivity contribution in [3.63, 3.8) is 0 Å². The van der Waals surface area contributed by atoms with Crippen molar-refractivity contribution < 1.29 is 9.21 Å². The molecule has 0 aromatic carbocycles. The van der Waals surface area contributed by atoms with Crippen molar-refractivity contribution >= 4 is 34.0 Å². The molecule has 0 spiro atoms. The first kappa shape index (κ1) is 20.4. The Bertz CT molecular complexity index is 1110. The molecule has 154 valence electrons. The van der Waals surface area contributed by atoms with Crippen molar-refractivity contribution in [1.29, 1.82) is 5.26 Å². The maximum atomic E-state index is 12.6. The standard InChI is InChI=1S/C21H21N5O2S2/c1-3-8-26-19(16-5-4-9-28-16)24-25-21(26)29-12-18(27)23-20-15(11-22)14-7-6-13(2)10-17(14)30-20/h3-5,9,13H,1,6-8,10,12H2,2H3,(H,23,27). The molecule has 0 bridgehead atoms. The number of allylic oxidation sites excluding steroid dienone is 1. The van der Waals surface area contributed by atoms with E-state index in [4.69, 9.17) is 4.42 Å². The van der Waals surface area contributed by atoms with Gasteiger partial charge in [-0.3, -0.25) is 9.36 Å². The molecule has 9 heteroatoms. The molecule has 0 radical (unpaired) electrons. The van der Waals surface area contributed by atoms with Gasteiger partial charge in [-0.25, -0.2) is 0 Å². The molecule has 1 aliphatic rings. The summed E-state index contributed by atoms with van der Waals surface area (Å²) in [6.07, 6.45) is 6.28. The van der Waals surface area contributed by atoms with Crippen LogP contribution in [0, 0.1) is 17.2 Å². The van der Waals surface area contributed by atoms with Crippen LogP contribution in [0.3, 0.4) is 0 Å². The smallest absolute Gasteiger partial charge is 0.235 e. The topological polar surface area (TPSA) is 96.7 Å². The maximum absolute atomic E-state index is 12.6. The molecule has 7 nitrogen and oxygen atoms in total. The molecule has 3 heterocycles. The van der Waals surface area contributed by atoms with Crippen molar-refractivity contribution in [1.82, 2.24) is 14.8 Å². The molecule has 1 aliphatic carbocycles. The van der Waals surface area contributed by atoms with E-state index in [-0.39, 0.29) is 11.7 Å². The zero-order chi connectivity index (χ0) is 21.1. The van der Waals surface area contributed by atoms with E-state index in [1.807, 2.05) is 10.6 Å². The first-order chi connectivity index (χ1) is 14.6. The number of anilines is 1. The number of furan rings is 1. The Morgan fingerprint density at radius 2 is 2.43 bits per heavy atom. The Morgan fingerprint density at radius 1 is 1.57 bits per heavy atom. The van der Waals surface area contributed by atoms with Gasteiger partial charge < -0.3 is 9.73 Å². The summed E-state index contributed by atoms with van der Waals surface area (Å²) in [6.45, 7) is 6.51. The van der Waals surface area contributed by atoms with Crippen LogP contribution in [0.15, 0.2) is 40.6 Å². The molecule has 0 saturated carbocycles. The van der Waals surface area contributed by atoms with E-state index in [9.17, 15) is 10.1 Å². The Labute approximate surface area is 182 Å². The highest BCUT2D eigenvalue weighted by Gasteiger charge is 2.25. The van der Waals surface area contributed by atoms with Crippen LogP contribution in [0.1, 0.15) is 29.3 Å². The van der Waals surface area contributed by atoms with E-state index in [1.165, 1.54) is 28.0 Å². The second-order valence-electron chi connectivity index (χ2n) is 7.19. The summed E-state index contributed by atoms with van der Waals surface area (Å²) < 4.78 is 7.28. The first-order valence-corrected chi connectivity index (χ1v) is 11.5. The molecule has 0 aliphatic heterocycles. The Morgan fingerprint density at radius 3 is 3.17 bits per heavy atom. The van der Waals surface area contributed by atoms with Gasteiger partial charge >= 0.3 is 0 Å². The van der Waals surface area contributed by atoms with Crippen molar-refractivity contribution in [2.45, 2.75) is 37.9 Å². The zero-order valence-electron chi connectivity index (χ0n) is 16.6. The third-order valence-electron chi connectivity index (χ3n) is 4.98. The van der Waals surface area contributed by atoms with Crippen molar-refractivity contribution in [3.05, 3.63) is 47.1 Å². The van der Waals surface area contributed by atoms with Crippen LogP contribution in [0.2, 0.25) is 0 Å². The minimum atomic E-state index is -0.171. The van der Waals surface area contributed by atoms with Gasteiger partial charge in [-0.1, -0.05) is 24.8 Å². The average Bonchev–Trinajstić information content (AvgIpc) is 3.44. The largest absolute Gasteiger partial charge is 0.461 e. The molecule has 3 aromatic rings. The van der Waals surface area contributed by atoms with Gasteiger partial charge in [-0.2, -0.15) is 5.26 Å². The molecule has 0 fully saturated rings. The number of carbonyl (C=O) groups is 1. The number of hydrogen-bond acceptors (Lipinski definition) is 7. The zero-order valence-corrected chi connectivity index (χ0v) is 18.2. The second kappa shape index (κ2) is 8.90. The average molecular weight is 440 g/mol. The molecular weight excluding hydrogens is 418 g/mol. The number of rotatable bonds is 7. The highest BCUT2D eigenvalue weighted by atomic mass is 32.2. The molecule has 1 unspecified atom stereocenters. The summed E-state index contributed by atoms with van der Waals surface area (Å²) in [4.78, 5) is 13.8. The fourth-order valence-electron chi connectivity index (χ4n) is 3.53. The van der Waals surface area contributed by atoms with Gasteiger partial charge in [0.25, 0.3) is 0 Å². The summed E-state index contributed by atoms with van der Waals surface area (Å²) in [5, 5.41) is 22.2. The van der Waals surface area contributed by atoms with Crippen molar-refractivity contribution in [2.75, 3.05) is 11.1 Å². The molecule has 0 saturated heterocycles. The Hall–Kier alpha value is -2.83. The van der Waals surface area contributed by atoms with Gasteiger partial charge in [0.05, 0.1) is 17.6 Å². The van der Waals surface area contributed by atoms with Crippen LogP contribution in [0.4, 0.5) is 5.00 Å². The Balaban J connectivity index is 1.46. The summed E-state index contributed by atoms with van der Waals surface area (Å²) >= 11 is 2.82. The van der Waals surface area contributed by atoms with E-state index in [0.29, 0.717) is 39.8 Å². The van der Waals surface area contributed by atoms with E-state index >= 15 is 0 Å². The lowest BCUT2D eigenvalue weighted by atomic mass is 9.89. The van der Waals surface area contributed by atoms with Gasteiger partial charge in [-0.05, 0) is 42.9 Å². The molecule has 1 N–H and O–H groups in total. The molecule has 4 rings (SSSR count). The number of nitrogens with one attached hydrogen (secondary N) is 1. The van der Waals surface area contributed by atoms with Gasteiger partial charge in [0, 0.05) is 11.4 Å². The van der Waals surface area contributed by atoms with Crippen molar-refractivity contribution in [2.24, 2.45) is 5.92 Å².